The molecule has 0 fully saturated rings. The lowest BCUT2D eigenvalue weighted by Gasteiger charge is -2.15. The molecular formula is C23H19F3N2O9S. The van der Waals surface area contributed by atoms with E-state index in [1.807, 2.05) is 0 Å². The second kappa shape index (κ2) is 12.5. The summed E-state index contributed by atoms with van der Waals surface area (Å²) in [5.74, 6) is -4.90. The van der Waals surface area contributed by atoms with Crippen LogP contribution in [-0.2, 0) is 19.6 Å². The molecule has 202 valence electrons. The first-order valence-corrected chi connectivity index (χ1v) is 12.1. The molecule has 3 aromatic carbocycles. The molecule has 38 heavy (non-hydrogen) atoms. The second-order valence-corrected chi connectivity index (χ2v) is 8.85. The van der Waals surface area contributed by atoms with Crippen LogP contribution in [0.3, 0.4) is 0 Å². The van der Waals surface area contributed by atoms with Crippen molar-refractivity contribution in [1.29, 1.82) is 0 Å². The van der Waals surface area contributed by atoms with Crippen LogP contribution < -0.4 is 29.6 Å². The molecule has 1 amide bonds. The van der Waals surface area contributed by atoms with Crippen LogP contribution in [-0.4, -0.2) is 33.4 Å². The van der Waals surface area contributed by atoms with Crippen LogP contribution in [0.25, 0.3) is 0 Å². The minimum absolute atomic E-state index is 0.0855. The fraction of sp³-hybridized carbons (Fsp3) is 0.130. The first-order valence-electron chi connectivity index (χ1n) is 10.6. The Hall–Kier alpha value is -4.66. The van der Waals surface area contributed by atoms with Crippen LogP contribution in [0.4, 0.5) is 19.3 Å². The minimum Gasteiger partial charge on any atom is -0.465 e. The van der Waals surface area contributed by atoms with E-state index in [0.717, 1.165) is 24.3 Å². The summed E-state index contributed by atoms with van der Waals surface area (Å²) in [5.41, 5.74) is -0.0376. The van der Waals surface area contributed by atoms with Crippen molar-refractivity contribution in [3.63, 3.8) is 0 Å². The molecule has 2 N–H and O–H groups in total. The predicted octanol–water partition coefficient (Wildman–Crippen LogP) is 4.36. The zero-order chi connectivity index (χ0) is 27.7. The number of ether oxygens (including phenoxy) is 2. The average molecular weight is 556 g/mol. The average Bonchev–Trinajstić information content (AvgIpc) is 2.92. The van der Waals surface area contributed by atoms with Gasteiger partial charge >= 0.3 is 5.97 Å². The van der Waals surface area contributed by atoms with Gasteiger partial charge in [0, 0.05) is 19.1 Å². The first kappa shape index (κ1) is 27.9. The summed E-state index contributed by atoms with van der Waals surface area (Å²) in [4.78, 5) is 33.6. The van der Waals surface area contributed by atoms with Crippen LogP contribution in [0.1, 0.15) is 17.3 Å². The fourth-order valence-corrected chi connectivity index (χ4v) is 4.10. The van der Waals surface area contributed by atoms with Crippen LogP contribution >= 0.6 is 0 Å². The van der Waals surface area contributed by atoms with Gasteiger partial charge in [0.15, 0.2) is 11.5 Å². The van der Waals surface area contributed by atoms with E-state index in [1.54, 1.807) is 6.92 Å². The molecule has 0 saturated carbocycles. The van der Waals surface area contributed by atoms with E-state index < -0.39 is 44.9 Å². The fourth-order valence-electron chi connectivity index (χ4n) is 3.03. The third kappa shape index (κ3) is 6.56. The number of hydrogen-bond acceptors (Lipinski definition) is 9. The van der Waals surface area contributed by atoms with E-state index in [2.05, 4.69) is 24.9 Å². The quantitative estimate of drug-likeness (QED) is 0.312. The first-order chi connectivity index (χ1) is 18.2. The lowest BCUT2D eigenvalue weighted by Crippen LogP contribution is -2.30. The molecule has 3 rings (SSSR count). The third-order valence-electron chi connectivity index (χ3n) is 4.75. The summed E-state index contributed by atoms with van der Waals surface area (Å²) in [6, 6.07) is 12.1. The Morgan fingerprint density at radius 2 is 1.45 bits per heavy atom. The van der Waals surface area contributed by atoms with E-state index in [9.17, 15) is 31.6 Å². The molecule has 0 aliphatic rings. The molecule has 0 atom stereocenters. The molecule has 0 aliphatic heterocycles. The summed E-state index contributed by atoms with van der Waals surface area (Å²) in [6.45, 7) is 1.41. The van der Waals surface area contributed by atoms with E-state index in [1.165, 1.54) is 36.4 Å². The summed E-state index contributed by atoms with van der Waals surface area (Å²) >= 11 is 0. The van der Waals surface area contributed by atoms with E-state index in [4.69, 9.17) is 9.47 Å². The molecule has 15 heteroatoms. The summed E-state index contributed by atoms with van der Waals surface area (Å²) in [5, 5.41) is 2.34. The molecular weight excluding hydrogens is 537 g/mol. The molecule has 3 aromatic rings. The number of sulfonamides is 1. The molecule has 0 saturated heterocycles. The Morgan fingerprint density at radius 3 is 2.08 bits per heavy atom. The van der Waals surface area contributed by atoms with Crippen molar-refractivity contribution >= 4 is 27.6 Å². The lowest BCUT2D eigenvalue weighted by atomic mass is 10.2. The van der Waals surface area contributed by atoms with E-state index >= 15 is 0 Å². The highest BCUT2D eigenvalue weighted by molar-refractivity contribution is 7.92. The Balaban J connectivity index is 1.80. The monoisotopic (exact) mass is 556 g/mol. The summed E-state index contributed by atoms with van der Waals surface area (Å²) in [6.07, 6.45) is 0. The van der Waals surface area contributed by atoms with Gasteiger partial charge < -0.3 is 14.8 Å². The van der Waals surface area contributed by atoms with Gasteiger partial charge in [-0.15, -0.1) is 0 Å². The highest BCUT2D eigenvalue weighted by Gasteiger charge is 2.24. The standard InChI is InChI=1S/C23H19F3N2O9S/c1-2-33-20(29)13-27-23(30)14-7-9-15(10-8-14)38(31,32)28-16-5-3-4-6-17(16)34-18-11-12-19(35-24)22(37-26)21(18)36-25/h3-12,28H,2,13H2,1H3,(H,27,30). The number of hydrogen-bond donors (Lipinski definition) is 2. The molecule has 11 nitrogen and oxygen atoms in total. The van der Waals surface area contributed by atoms with Gasteiger partial charge in [-0.05, 0) is 55.5 Å². The van der Waals surface area contributed by atoms with Crippen LogP contribution in [0.5, 0.6) is 28.7 Å². The van der Waals surface area contributed by atoms with Gasteiger partial charge in [0.2, 0.25) is 5.75 Å². The van der Waals surface area contributed by atoms with Crippen LogP contribution in [0, 0.1) is 0 Å². The van der Waals surface area contributed by atoms with Gasteiger partial charge in [0.05, 0.1) is 17.2 Å². The van der Waals surface area contributed by atoms with Crippen LogP contribution in [0.2, 0.25) is 0 Å². The molecule has 0 spiro atoms. The van der Waals surface area contributed by atoms with Gasteiger partial charge in [-0.3, -0.25) is 29.1 Å². The van der Waals surface area contributed by atoms with Crippen molar-refractivity contribution in [2.24, 2.45) is 0 Å². The maximum Gasteiger partial charge on any atom is 0.325 e. The van der Waals surface area contributed by atoms with Gasteiger partial charge in [-0.25, -0.2) is 8.42 Å². The largest absolute Gasteiger partial charge is 0.465 e. The normalized spacial score (nSPS) is 10.7. The van der Waals surface area contributed by atoms with Gasteiger partial charge in [0.1, 0.15) is 6.54 Å². The van der Waals surface area contributed by atoms with Crippen molar-refractivity contribution in [2.45, 2.75) is 11.8 Å². The number of rotatable bonds is 12. The number of amides is 1. The Bertz CT molecular complexity index is 1400. The molecule has 0 unspecified atom stereocenters. The minimum atomic E-state index is -4.24. The summed E-state index contributed by atoms with van der Waals surface area (Å²) < 4.78 is 76.8. The number of carbonyl (C=O) groups is 2. The number of esters is 1. The molecule has 0 aromatic heterocycles. The molecule has 0 aliphatic carbocycles. The number of benzene rings is 3. The van der Waals surface area contributed by atoms with Gasteiger partial charge in [-0.1, -0.05) is 12.1 Å². The highest BCUT2D eigenvalue weighted by atomic mass is 32.2. The number of para-hydroxylation sites is 2. The van der Waals surface area contributed by atoms with Crippen molar-refractivity contribution in [3.05, 3.63) is 66.2 Å². The topological polar surface area (TPSA) is 138 Å². The Labute approximate surface area is 213 Å². The SMILES string of the molecule is CCOC(=O)CNC(=O)c1ccc(S(=O)(=O)Nc2ccccc2Oc2ccc(OF)c(OF)c2OF)cc1. The number of carbonyl (C=O) groups excluding carboxylic acids is 2. The van der Waals surface area contributed by atoms with E-state index in [0.29, 0.717) is 0 Å². The number of anilines is 1. The second-order valence-electron chi connectivity index (χ2n) is 7.17. The molecule has 0 heterocycles. The predicted molar refractivity (Wildman–Crippen MR) is 124 cm³/mol. The smallest absolute Gasteiger partial charge is 0.325 e. The Kier molecular flexibility index (Phi) is 9.21. The number of halogens is 3. The third-order valence-corrected chi connectivity index (χ3v) is 6.14. The highest BCUT2D eigenvalue weighted by Crippen LogP contribution is 2.47. The Morgan fingerprint density at radius 1 is 0.816 bits per heavy atom. The van der Waals surface area contributed by atoms with Gasteiger partial charge in [0.25, 0.3) is 27.4 Å². The lowest BCUT2D eigenvalue weighted by molar-refractivity contribution is -0.141. The molecule has 0 bridgehead atoms. The summed E-state index contributed by atoms with van der Waals surface area (Å²) in [7, 11) is -4.24. The van der Waals surface area contributed by atoms with Crippen LogP contribution in [0.15, 0.2) is 65.6 Å². The van der Waals surface area contributed by atoms with E-state index in [-0.39, 0.29) is 35.0 Å². The van der Waals surface area contributed by atoms with Crippen molar-refractivity contribution in [2.75, 3.05) is 17.9 Å². The maximum atomic E-state index is 13.1. The zero-order valence-corrected chi connectivity index (χ0v) is 20.2. The zero-order valence-electron chi connectivity index (χ0n) is 19.4. The van der Waals surface area contributed by atoms with Crippen molar-refractivity contribution in [1.82, 2.24) is 5.32 Å². The molecule has 0 radical (unpaired) electrons. The van der Waals surface area contributed by atoms with Gasteiger partial charge in [-0.2, -0.15) is 0 Å². The number of nitrogens with one attached hydrogen (secondary N) is 2. The maximum absolute atomic E-state index is 13.1. The van der Waals surface area contributed by atoms with Crippen molar-refractivity contribution < 1.29 is 55.9 Å². The van der Waals surface area contributed by atoms with Crippen molar-refractivity contribution in [3.8, 4) is 28.7 Å².